The summed E-state index contributed by atoms with van der Waals surface area (Å²) in [5.74, 6) is 2.47. The van der Waals surface area contributed by atoms with Crippen LogP contribution >= 0.6 is 0 Å². The van der Waals surface area contributed by atoms with Crippen LogP contribution in [0.2, 0.25) is 0 Å². The van der Waals surface area contributed by atoms with Crippen molar-refractivity contribution < 1.29 is 9.21 Å². The summed E-state index contributed by atoms with van der Waals surface area (Å²) < 4.78 is 5.61. The summed E-state index contributed by atoms with van der Waals surface area (Å²) >= 11 is 0. The van der Waals surface area contributed by atoms with Gasteiger partial charge >= 0.3 is 0 Å². The largest absolute Gasteiger partial charge is 0.461 e. The first-order valence-corrected chi connectivity index (χ1v) is 11.6. The lowest BCUT2D eigenvalue weighted by molar-refractivity contribution is -0.129. The monoisotopic (exact) mass is 418 g/mol. The predicted molar refractivity (Wildman–Crippen MR) is 122 cm³/mol. The fraction of sp³-hybridized carbons (Fsp3) is 0.480. The number of anilines is 1. The van der Waals surface area contributed by atoms with E-state index in [-0.39, 0.29) is 5.91 Å². The minimum atomic E-state index is 0.267. The summed E-state index contributed by atoms with van der Waals surface area (Å²) in [4.78, 5) is 27.0. The molecule has 0 radical (unpaired) electrons. The number of fused-ring (bicyclic) bond motifs is 1. The van der Waals surface area contributed by atoms with E-state index in [0.717, 1.165) is 55.5 Å². The van der Waals surface area contributed by atoms with Crippen molar-refractivity contribution in [1.29, 1.82) is 0 Å². The third-order valence-corrected chi connectivity index (χ3v) is 6.64. The van der Waals surface area contributed by atoms with Crippen molar-refractivity contribution in [3.8, 4) is 11.6 Å². The van der Waals surface area contributed by atoms with Gasteiger partial charge in [0.1, 0.15) is 5.82 Å². The highest BCUT2D eigenvalue weighted by Crippen LogP contribution is 2.33. The third-order valence-electron chi connectivity index (χ3n) is 6.64. The minimum Gasteiger partial charge on any atom is -0.461 e. The van der Waals surface area contributed by atoms with E-state index in [1.807, 2.05) is 35.2 Å². The molecule has 0 bridgehead atoms. The fourth-order valence-corrected chi connectivity index (χ4v) is 4.99. The van der Waals surface area contributed by atoms with Crippen molar-refractivity contribution in [1.82, 2.24) is 14.9 Å². The van der Waals surface area contributed by atoms with Crippen LogP contribution in [0.4, 0.5) is 5.82 Å². The Bertz CT molecular complexity index is 1020. The number of hydrogen-bond donors (Lipinski definition) is 0. The van der Waals surface area contributed by atoms with Gasteiger partial charge in [-0.25, -0.2) is 9.97 Å². The Labute approximate surface area is 183 Å². The molecule has 0 unspecified atom stereocenters. The number of carbonyl (C=O) groups is 1. The molecule has 0 atom stereocenters. The van der Waals surface area contributed by atoms with Gasteiger partial charge in [-0.1, -0.05) is 31.4 Å². The van der Waals surface area contributed by atoms with Crippen LogP contribution in [0.5, 0.6) is 0 Å². The van der Waals surface area contributed by atoms with E-state index in [4.69, 9.17) is 14.4 Å². The summed E-state index contributed by atoms with van der Waals surface area (Å²) in [6.07, 6.45) is 10.5. The van der Waals surface area contributed by atoms with Crippen LogP contribution in [0.3, 0.4) is 0 Å². The molecule has 162 valence electrons. The molecule has 1 aliphatic carbocycles. The molecule has 0 spiro atoms. The second-order valence-electron chi connectivity index (χ2n) is 8.69. The van der Waals surface area contributed by atoms with Gasteiger partial charge in [0, 0.05) is 37.5 Å². The van der Waals surface area contributed by atoms with E-state index < -0.39 is 0 Å². The average Bonchev–Trinajstić information content (AvgIpc) is 3.54. The van der Waals surface area contributed by atoms with Gasteiger partial charge in [0.05, 0.1) is 11.8 Å². The molecule has 3 heterocycles. The van der Waals surface area contributed by atoms with Gasteiger partial charge in [0.15, 0.2) is 11.6 Å². The number of likely N-dealkylation sites (tertiary alicyclic amines) is 1. The molecule has 1 saturated heterocycles. The van der Waals surface area contributed by atoms with Crippen LogP contribution in [0.25, 0.3) is 22.5 Å². The molecule has 5 rings (SSSR count). The van der Waals surface area contributed by atoms with Gasteiger partial charge in [0.25, 0.3) is 0 Å². The number of carbonyl (C=O) groups excluding carboxylic acids is 1. The van der Waals surface area contributed by atoms with Gasteiger partial charge in [-0.05, 0) is 49.9 Å². The summed E-state index contributed by atoms with van der Waals surface area (Å²) in [5.41, 5.74) is 0.908. The standard InChI is InChI=1S/C25H30N4O2/c30-23(28-15-6-7-16-28)14-17-29(19-9-2-1-3-10-19)25-20-11-4-5-12-21(20)26-24(27-25)22-13-8-18-31-22/h4-5,8,11-13,18-19H,1-3,6-7,9-10,14-17H2. The first-order chi connectivity index (χ1) is 15.3. The van der Waals surface area contributed by atoms with Gasteiger partial charge in [-0.3, -0.25) is 4.79 Å². The summed E-state index contributed by atoms with van der Waals surface area (Å²) in [7, 11) is 0. The zero-order valence-corrected chi connectivity index (χ0v) is 18.0. The zero-order valence-electron chi connectivity index (χ0n) is 18.0. The lowest BCUT2D eigenvalue weighted by atomic mass is 9.93. The van der Waals surface area contributed by atoms with Crippen molar-refractivity contribution in [3.63, 3.8) is 0 Å². The molecule has 0 N–H and O–H groups in total. The second-order valence-corrected chi connectivity index (χ2v) is 8.69. The zero-order chi connectivity index (χ0) is 21.0. The molecule has 1 aliphatic heterocycles. The van der Waals surface area contributed by atoms with E-state index in [1.165, 1.54) is 19.3 Å². The number of rotatable bonds is 6. The van der Waals surface area contributed by atoms with Crippen molar-refractivity contribution in [2.75, 3.05) is 24.5 Å². The molecular formula is C25H30N4O2. The van der Waals surface area contributed by atoms with Crippen LogP contribution < -0.4 is 4.90 Å². The Hall–Kier alpha value is -2.89. The molecule has 2 aromatic heterocycles. The second kappa shape index (κ2) is 9.08. The molecule has 6 heteroatoms. The topological polar surface area (TPSA) is 62.5 Å². The van der Waals surface area contributed by atoms with Crippen LogP contribution in [-0.4, -0.2) is 46.5 Å². The van der Waals surface area contributed by atoms with Gasteiger partial charge in [-0.2, -0.15) is 0 Å². The normalized spacial score (nSPS) is 17.4. The van der Waals surface area contributed by atoms with Crippen molar-refractivity contribution in [3.05, 3.63) is 42.7 Å². The molecule has 2 fully saturated rings. The molecular weight excluding hydrogens is 388 g/mol. The highest BCUT2D eigenvalue weighted by molar-refractivity contribution is 5.91. The van der Waals surface area contributed by atoms with Gasteiger partial charge in [-0.15, -0.1) is 0 Å². The summed E-state index contributed by atoms with van der Waals surface area (Å²) in [6, 6.07) is 12.3. The Morgan fingerprint density at radius 1 is 1.00 bits per heavy atom. The highest BCUT2D eigenvalue weighted by Gasteiger charge is 2.27. The Balaban J connectivity index is 1.52. The molecule has 1 aromatic carbocycles. The summed E-state index contributed by atoms with van der Waals surface area (Å²) in [5, 5.41) is 1.04. The number of furan rings is 1. The third kappa shape index (κ3) is 4.29. The number of nitrogens with zero attached hydrogens (tertiary/aromatic N) is 4. The maximum atomic E-state index is 12.8. The van der Waals surface area contributed by atoms with Crippen LogP contribution in [0, 0.1) is 0 Å². The van der Waals surface area contributed by atoms with Crippen molar-refractivity contribution >= 4 is 22.6 Å². The molecule has 31 heavy (non-hydrogen) atoms. The van der Waals surface area contributed by atoms with Crippen LogP contribution in [0.1, 0.15) is 51.4 Å². The van der Waals surface area contributed by atoms with E-state index in [0.29, 0.717) is 30.6 Å². The van der Waals surface area contributed by atoms with Gasteiger partial charge < -0.3 is 14.2 Å². The molecule has 6 nitrogen and oxygen atoms in total. The molecule has 2 aliphatic rings. The Morgan fingerprint density at radius 2 is 1.81 bits per heavy atom. The first kappa shape index (κ1) is 20.0. The Kier molecular flexibility index (Phi) is 5.87. The highest BCUT2D eigenvalue weighted by atomic mass is 16.3. The van der Waals surface area contributed by atoms with Crippen molar-refractivity contribution in [2.24, 2.45) is 0 Å². The van der Waals surface area contributed by atoms with Gasteiger partial charge in [0.2, 0.25) is 5.91 Å². The van der Waals surface area contributed by atoms with E-state index in [1.54, 1.807) is 6.26 Å². The van der Waals surface area contributed by atoms with Crippen LogP contribution in [0.15, 0.2) is 47.1 Å². The number of aromatic nitrogens is 2. The smallest absolute Gasteiger partial charge is 0.224 e. The van der Waals surface area contributed by atoms with Crippen LogP contribution in [-0.2, 0) is 4.79 Å². The molecule has 1 amide bonds. The maximum absolute atomic E-state index is 12.8. The average molecular weight is 419 g/mol. The number of benzene rings is 1. The summed E-state index contributed by atoms with van der Waals surface area (Å²) in [6.45, 7) is 2.50. The molecule has 1 saturated carbocycles. The number of hydrogen-bond acceptors (Lipinski definition) is 5. The maximum Gasteiger partial charge on any atom is 0.224 e. The quantitative estimate of drug-likeness (QED) is 0.561. The predicted octanol–water partition coefficient (Wildman–Crippen LogP) is 5.04. The number of amides is 1. The number of para-hydroxylation sites is 1. The Morgan fingerprint density at radius 3 is 2.58 bits per heavy atom. The lowest BCUT2D eigenvalue weighted by Crippen LogP contribution is -2.40. The fourth-order valence-electron chi connectivity index (χ4n) is 4.99. The van der Waals surface area contributed by atoms with E-state index >= 15 is 0 Å². The van der Waals surface area contributed by atoms with Crippen molar-refractivity contribution in [2.45, 2.75) is 57.4 Å². The molecule has 3 aromatic rings. The minimum absolute atomic E-state index is 0.267. The first-order valence-electron chi connectivity index (χ1n) is 11.6. The van der Waals surface area contributed by atoms with E-state index in [2.05, 4.69) is 11.0 Å². The van der Waals surface area contributed by atoms with E-state index in [9.17, 15) is 4.79 Å². The lowest BCUT2D eigenvalue weighted by Gasteiger charge is -2.36. The SMILES string of the molecule is O=C(CCN(c1nc(-c2ccco2)nc2ccccc12)C1CCCCC1)N1CCCC1.